The van der Waals surface area contributed by atoms with E-state index in [-0.39, 0.29) is 5.78 Å². The van der Waals surface area contributed by atoms with E-state index in [9.17, 15) is 4.79 Å². The van der Waals surface area contributed by atoms with Crippen molar-refractivity contribution < 1.29 is 4.79 Å². The molecule has 1 aromatic carbocycles. The number of hydrogen-bond donors (Lipinski definition) is 1. The quantitative estimate of drug-likeness (QED) is 0.564. The molecule has 1 N–H and O–H groups in total. The lowest BCUT2D eigenvalue weighted by Crippen LogP contribution is -2.41. The van der Waals surface area contributed by atoms with Gasteiger partial charge < -0.3 is 5.32 Å². The van der Waals surface area contributed by atoms with Crippen LogP contribution in [0.4, 0.5) is 0 Å². The molecule has 0 heterocycles. The second kappa shape index (κ2) is 8.60. The van der Waals surface area contributed by atoms with Gasteiger partial charge in [-0.15, -0.1) is 11.8 Å². The molecule has 0 radical (unpaired) electrons. The Bertz CT molecular complexity index is 470. The zero-order valence-electron chi connectivity index (χ0n) is 14.2. The number of carbonyl (C=O) groups excluding carboxylic acids is 1. The maximum atomic E-state index is 12.4. The summed E-state index contributed by atoms with van der Waals surface area (Å²) in [5, 5.41) is 3.46. The third-order valence-corrected chi connectivity index (χ3v) is 5.09. The third kappa shape index (κ3) is 5.15. The number of thioether (sulfide) groups is 1. The van der Waals surface area contributed by atoms with Crippen LogP contribution in [-0.4, -0.2) is 24.6 Å². The summed E-state index contributed by atoms with van der Waals surface area (Å²) < 4.78 is 0. The molecule has 0 aliphatic heterocycles. The SMILES string of the molecule is CCC(C)C(NCC(=O)c1ccc(SC)c(C)c1)C(C)C. The highest BCUT2D eigenvalue weighted by atomic mass is 32.2. The van der Waals surface area contributed by atoms with Crippen LogP contribution in [0.2, 0.25) is 0 Å². The molecule has 2 unspecified atom stereocenters. The van der Waals surface area contributed by atoms with Gasteiger partial charge in [-0.2, -0.15) is 0 Å². The fourth-order valence-corrected chi connectivity index (χ4v) is 3.30. The summed E-state index contributed by atoms with van der Waals surface area (Å²) in [7, 11) is 0. The van der Waals surface area contributed by atoms with Crippen LogP contribution in [0.3, 0.4) is 0 Å². The van der Waals surface area contributed by atoms with E-state index in [0.717, 1.165) is 12.0 Å². The first-order chi connectivity index (χ1) is 9.90. The molecule has 118 valence electrons. The van der Waals surface area contributed by atoms with E-state index >= 15 is 0 Å². The average molecular weight is 308 g/mol. The van der Waals surface area contributed by atoms with E-state index in [2.05, 4.69) is 46.2 Å². The Labute approximate surface area is 134 Å². The van der Waals surface area contributed by atoms with Crippen molar-refractivity contribution in [2.45, 2.75) is 52.0 Å². The predicted octanol–water partition coefficient (Wildman–Crippen LogP) is 4.56. The molecule has 0 aromatic heterocycles. The molecule has 0 bridgehead atoms. The molecule has 0 amide bonds. The number of benzene rings is 1. The molecule has 1 rings (SSSR count). The number of rotatable bonds is 8. The number of nitrogens with one attached hydrogen (secondary N) is 1. The van der Waals surface area contributed by atoms with Crippen LogP contribution in [0.5, 0.6) is 0 Å². The average Bonchev–Trinajstić information content (AvgIpc) is 2.46. The molecular weight excluding hydrogens is 278 g/mol. The normalized spacial score (nSPS) is 14.2. The molecule has 0 aliphatic rings. The van der Waals surface area contributed by atoms with E-state index in [1.165, 1.54) is 10.5 Å². The molecule has 0 spiro atoms. The Morgan fingerprint density at radius 2 is 1.95 bits per heavy atom. The minimum atomic E-state index is 0.180. The Balaban J connectivity index is 2.70. The van der Waals surface area contributed by atoms with Crippen molar-refractivity contribution in [3.05, 3.63) is 29.3 Å². The van der Waals surface area contributed by atoms with E-state index in [1.807, 2.05) is 18.2 Å². The number of carbonyl (C=O) groups is 1. The summed E-state index contributed by atoms with van der Waals surface area (Å²) in [4.78, 5) is 13.6. The lowest BCUT2D eigenvalue weighted by Gasteiger charge is -2.27. The second-order valence-electron chi connectivity index (χ2n) is 6.14. The molecule has 0 aliphatic carbocycles. The molecule has 1 aromatic rings. The Morgan fingerprint density at radius 1 is 1.29 bits per heavy atom. The van der Waals surface area contributed by atoms with E-state index in [0.29, 0.717) is 24.4 Å². The van der Waals surface area contributed by atoms with Gasteiger partial charge in [0, 0.05) is 16.5 Å². The van der Waals surface area contributed by atoms with Crippen molar-refractivity contribution in [1.82, 2.24) is 5.32 Å². The highest BCUT2D eigenvalue weighted by molar-refractivity contribution is 7.98. The number of ketones is 1. The predicted molar refractivity (Wildman–Crippen MR) is 93.4 cm³/mol. The smallest absolute Gasteiger partial charge is 0.176 e. The molecule has 2 atom stereocenters. The first kappa shape index (κ1) is 18.2. The van der Waals surface area contributed by atoms with Gasteiger partial charge in [0.05, 0.1) is 6.54 Å². The van der Waals surface area contributed by atoms with Crippen LogP contribution in [0.1, 0.15) is 50.0 Å². The minimum absolute atomic E-state index is 0.180. The topological polar surface area (TPSA) is 29.1 Å². The number of hydrogen-bond acceptors (Lipinski definition) is 3. The fourth-order valence-electron chi connectivity index (χ4n) is 2.71. The van der Waals surface area contributed by atoms with Crippen LogP contribution in [0.25, 0.3) is 0 Å². The van der Waals surface area contributed by atoms with Crippen molar-refractivity contribution in [1.29, 1.82) is 0 Å². The third-order valence-electron chi connectivity index (χ3n) is 4.19. The molecule has 0 fully saturated rings. The summed E-state index contributed by atoms with van der Waals surface area (Å²) in [6.07, 6.45) is 3.19. The van der Waals surface area contributed by atoms with Gasteiger partial charge in [-0.1, -0.05) is 40.2 Å². The van der Waals surface area contributed by atoms with Crippen molar-refractivity contribution in [2.75, 3.05) is 12.8 Å². The van der Waals surface area contributed by atoms with Gasteiger partial charge in [0.2, 0.25) is 0 Å². The van der Waals surface area contributed by atoms with Crippen LogP contribution < -0.4 is 5.32 Å². The summed E-state index contributed by atoms with van der Waals surface area (Å²) in [6, 6.07) is 6.38. The lowest BCUT2D eigenvalue weighted by molar-refractivity contribution is 0.0979. The molecular formula is C18H29NOS. The van der Waals surface area contributed by atoms with Gasteiger partial charge in [0.25, 0.3) is 0 Å². The summed E-state index contributed by atoms with van der Waals surface area (Å²) in [5.41, 5.74) is 1.99. The largest absolute Gasteiger partial charge is 0.306 e. The van der Waals surface area contributed by atoms with Crippen LogP contribution in [-0.2, 0) is 0 Å². The van der Waals surface area contributed by atoms with Crippen molar-refractivity contribution in [3.63, 3.8) is 0 Å². The lowest BCUT2D eigenvalue weighted by atomic mass is 9.90. The van der Waals surface area contributed by atoms with Crippen molar-refractivity contribution >= 4 is 17.5 Å². The summed E-state index contributed by atoms with van der Waals surface area (Å²) in [5.74, 6) is 1.30. The van der Waals surface area contributed by atoms with E-state index in [1.54, 1.807) is 11.8 Å². The molecule has 2 nitrogen and oxygen atoms in total. The molecule has 0 saturated heterocycles. The van der Waals surface area contributed by atoms with Gasteiger partial charge in [0.1, 0.15) is 0 Å². The highest BCUT2D eigenvalue weighted by Crippen LogP contribution is 2.21. The Morgan fingerprint density at radius 3 is 2.43 bits per heavy atom. The highest BCUT2D eigenvalue weighted by Gasteiger charge is 2.20. The zero-order chi connectivity index (χ0) is 16.0. The molecule has 21 heavy (non-hydrogen) atoms. The van der Waals surface area contributed by atoms with Gasteiger partial charge in [-0.05, 0) is 42.7 Å². The maximum Gasteiger partial charge on any atom is 0.176 e. The monoisotopic (exact) mass is 307 g/mol. The number of aryl methyl sites for hydroxylation is 1. The van der Waals surface area contributed by atoms with Crippen molar-refractivity contribution in [2.24, 2.45) is 11.8 Å². The molecule has 0 saturated carbocycles. The van der Waals surface area contributed by atoms with Crippen molar-refractivity contribution in [3.8, 4) is 0 Å². The Hall–Kier alpha value is -0.800. The zero-order valence-corrected chi connectivity index (χ0v) is 15.0. The molecule has 3 heteroatoms. The first-order valence-electron chi connectivity index (χ1n) is 7.81. The van der Waals surface area contributed by atoms with Crippen LogP contribution >= 0.6 is 11.8 Å². The van der Waals surface area contributed by atoms with Crippen LogP contribution in [0.15, 0.2) is 23.1 Å². The minimum Gasteiger partial charge on any atom is -0.306 e. The van der Waals surface area contributed by atoms with Gasteiger partial charge in [0.15, 0.2) is 5.78 Å². The maximum absolute atomic E-state index is 12.4. The van der Waals surface area contributed by atoms with Gasteiger partial charge in [-0.3, -0.25) is 4.79 Å². The van der Waals surface area contributed by atoms with Crippen LogP contribution in [0, 0.1) is 18.8 Å². The Kier molecular flexibility index (Phi) is 7.47. The number of Topliss-reactive ketones (excluding diaryl/α,β-unsaturated/α-hetero) is 1. The van der Waals surface area contributed by atoms with E-state index < -0.39 is 0 Å². The standard InChI is InChI=1S/C18H29NOS/c1-7-13(4)18(12(2)3)19-11-16(20)15-8-9-17(21-6)14(5)10-15/h8-10,12-13,18-19H,7,11H2,1-6H3. The van der Waals surface area contributed by atoms with Gasteiger partial charge >= 0.3 is 0 Å². The second-order valence-corrected chi connectivity index (χ2v) is 6.99. The first-order valence-corrected chi connectivity index (χ1v) is 9.04. The van der Waals surface area contributed by atoms with E-state index in [4.69, 9.17) is 0 Å². The van der Waals surface area contributed by atoms with Gasteiger partial charge in [-0.25, -0.2) is 0 Å². The summed E-state index contributed by atoms with van der Waals surface area (Å²) in [6.45, 7) is 11.4. The summed E-state index contributed by atoms with van der Waals surface area (Å²) >= 11 is 1.72. The fraction of sp³-hybridized carbons (Fsp3) is 0.611.